The van der Waals surface area contributed by atoms with E-state index in [1.807, 2.05) is 0 Å². The Balaban J connectivity index is 1.24. The monoisotopic (exact) mass is 1530 g/mol. The summed E-state index contributed by atoms with van der Waals surface area (Å²) in [6.45, 7) is 4.04. The minimum Gasteiger partial charge on any atom is -0.508 e. The van der Waals surface area contributed by atoms with E-state index in [1.165, 1.54) is 29.2 Å². The first kappa shape index (κ1) is 85.4. The number of guanidine groups is 1. The molecule has 0 unspecified atom stereocenters. The maximum absolute atomic E-state index is 15.0. The number of carbonyl (C=O) groups excluding carboxylic acids is 13. The molecule has 35 nitrogen and oxygen atoms in total. The fourth-order valence-corrected chi connectivity index (χ4v) is 13.6. The molecule has 2 aliphatic rings. The zero-order valence-electron chi connectivity index (χ0n) is 61.5. The van der Waals surface area contributed by atoms with Gasteiger partial charge in [-0.1, -0.05) is 89.1 Å². The summed E-state index contributed by atoms with van der Waals surface area (Å²) in [7, 11) is 0. The number of primary amides is 1. The van der Waals surface area contributed by atoms with Crippen molar-refractivity contribution in [2.24, 2.45) is 39.8 Å². The van der Waals surface area contributed by atoms with Crippen LogP contribution in [0.1, 0.15) is 102 Å². The molecular formula is C73H103N19O16S. The van der Waals surface area contributed by atoms with Crippen LogP contribution < -0.4 is 81.4 Å². The van der Waals surface area contributed by atoms with E-state index >= 15 is 0 Å². The van der Waals surface area contributed by atoms with Gasteiger partial charge in [-0.05, 0) is 104 Å². The number of fused-ring (bicyclic) bond motifs is 3. The van der Waals surface area contributed by atoms with E-state index in [1.54, 1.807) is 88.6 Å². The van der Waals surface area contributed by atoms with Crippen molar-refractivity contribution in [3.05, 3.63) is 102 Å². The van der Waals surface area contributed by atoms with Crippen molar-refractivity contribution in [3.8, 4) is 5.75 Å². The van der Waals surface area contributed by atoms with Gasteiger partial charge in [-0.3, -0.25) is 67.3 Å². The number of aromatic nitrogens is 2. The number of aliphatic imine (C=N–C) groups is 1. The predicted octanol–water partition coefficient (Wildman–Crippen LogP) is -3.17. The highest BCUT2D eigenvalue weighted by molar-refractivity contribution is 8.00. The van der Waals surface area contributed by atoms with Crippen molar-refractivity contribution in [1.29, 1.82) is 0 Å². The molecule has 0 radical (unpaired) electrons. The quantitative estimate of drug-likeness (QED) is 0.0196. The van der Waals surface area contributed by atoms with Crippen LogP contribution in [0.25, 0.3) is 21.8 Å². The number of phenols is 1. The molecule has 13 amide bonds. The lowest BCUT2D eigenvalue weighted by molar-refractivity contribution is -0.142. The molecule has 109 heavy (non-hydrogen) atoms. The molecule has 3 aromatic carbocycles. The molecule has 2 aromatic heterocycles. The zero-order valence-corrected chi connectivity index (χ0v) is 62.3. The number of amides is 13. The van der Waals surface area contributed by atoms with Crippen LogP contribution in [0.3, 0.4) is 0 Å². The van der Waals surface area contributed by atoms with Gasteiger partial charge >= 0.3 is 0 Å². The van der Waals surface area contributed by atoms with Crippen molar-refractivity contribution in [1.82, 2.24) is 73.4 Å². The number of phenolic OH excluding ortho intramolecular Hbond substituents is 1. The van der Waals surface area contributed by atoms with Gasteiger partial charge in [0.05, 0.1) is 25.5 Å². The zero-order chi connectivity index (χ0) is 79.4. The highest BCUT2D eigenvalue weighted by Crippen LogP contribution is 2.25. The summed E-state index contributed by atoms with van der Waals surface area (Å²) in [6, 6.07) is 3.71. The van der Waals surface area contributed by atoms with Crippen molar-refractivity contribution in [2.45, 2.75) is 171 Å². The molecule has 2 aliphatic heterocycles. The summed E-state index contributed by atoms with van der Waals surface area (Å²) in [5.74, 6) is -14.3. The molecule has 0 aliphatic carbocycles. The molecule has 4 heterocycles. The van der Waals surface area contributed by atoms with Gasteiger partial charge in [-0.15, -0.1) is 11.8 Å². The van der Waals surface area contributed by atoms with Crippen LogP contribution in [0.15, 0.2) is 90.2 Å². The lowest BCUT2D eigenvalue weighted by Gasteiger charge is -2.31. The second-order valence-electron chi connectivity index (χ2n) is 27.3. The number of carbonyl (C=O) groups is 13. The fourth-order valence-electron chi connectivity index (χ4n) is 12.7. The summed E-state index contributed by atoms with van der Waals surface area (Å²) in [5, 5.41) is 61.6. The van der Waals surface area contributed by atoms with Crippen molar-refractivity contribution >= 4 is 116 Å². The highest BCUT2D eigenvalue weighted by atomic mass is 32.2. The molecule has 0 saturated carbocycles. The largest absolute Gasteiger partial charge is 0.508 e. The van der Waals surface area contributed by atoms with Crippen molar-refractivity contribution < 1.29 is 77.6 Å². The fraction of sp³-hybridized carbons (Fsp3) is 0.507. The first-order valence-corrected chi connectivity index (χ1v) is 37.6. The van der Waals surface area contributed by atoms with Crippen LogP contribution in [-0.2, 0) is 81.6 Å². The second kappa shape index (κ2) is 42.0. The number of aliphatic hydroxyl groups excluding tert-OH is 2. The number of nitrogens with two attached hydrogens (primary N) is 4. The number of H-pyrrole nitrogens is 2. The number of unbranched alkanes of at least 4 members (excludes halogenated alkanes) is 1. The van der Waals surface area contributed by atoms with Crippen LogP contribution in [-0.4, -0.2) is 230 Å². The van der Waals surface area contributed by atoms with Crippen LogP contribution in [0.2, 0.25) is 0 Å². The van der Waals surface area contributed by atoms with Gasteiger partial charge in [0.2, 0.25) is 76.8 Å². The predicted molar refractivity (Wildman–Crippen MR) is 405 cm³/mol. The average molecular weight is 1530 g/mol. The smallest absolute Gasteiger partial charge is 0.246 e. The van der Waals surface area contributed by atoms with Gasteiger partial charge in [0, 0.05) is 72.3 Å². The van der Waals surface area contributed by atoms with E-state index in [0.717, 1.165) is 11.8 Å². The van der Waals surface area contributed by atoms with Crippen LogP contribution in [0.5, 0.6) is 5.75 Å². The Morgan fingerprint density at radius 3 is 1.59 bits per heavy atom. The second-order valence-corrected chi connectivity index (χ2v) is 28.3. The standard InChI is InChI=1S/C73H103N19O16S/c1-5-39(3)60-70(106)85-49(19-11-12-26-74)64(100)84-50(20-13-27-78-73(76)77)65(101)87-54(35-93)63(99)81-34-58(96)82-51(30-42-32-79-47-17-9-7-15-45(42)47)67(103)90-61(40(4)6-2)71(107)86-52(31-43-33-80-48-18-10-8-16-46(43)48)66(102)89-56(62(75)98)37-109-38-59(97)83-53(29-41-22-24-44(95)25-23-41)72(108)92-28-14-21-57(92)69(105)88-55(36-94)68(104)91-60/h7-10,15-18,22-25,32-33,39-40,49-57,60-61,79-80,93-95H,5-6,11-14,19-21,26-31,34-38,74H2,1-4H3,(H2,75,98)(H,81,99)(H,82,96)(H,83,97)(H,84,100)(H,85,106)(H,86,107)(H,87,101)(H,88,105)(H,89,102)(H,90,103)(H,91,104)(H4,76,77,78)/t39-,40-,49-,50-,51-,52-,53-,54-,55-,56-,57-,60-,61-/m0/s1. The average Bonchev–Trinajstić information content (AvgIpc) is 1.74. The van der Waals surface area contributed by atoms with Crippen molar-refractivity contribution in [2.75, 3.05) is 50.9 Å². The maximum Gasteiger partial charge on any atom is 0.246 e. The number of nitrogens with one attached hydrogen (secondary N) is 13. The third-order valence-electron chi connectivity index (χ3n) is 19.3. The first-order chi connectivity index (χ1) is 52.2. The van der Waals surface area contributed by atoms with Crippen LogP contribution in [0, 0.1) is 11.8 Å². The third-order valence-corrected chi connectivity index (χ3v) is 20.3. The number of hydrogen-bond acceptors (Lipinski definition) is 19. The number of aromatic amines is 2. The number of aromatic hydroxyl groups is 1. The Bertz CT molecular complexity index is 4040. The molecule has 24 N–H and O–H groups in total. The van der Waals surface area contributed by atoms with Crippen LogP contribution >= 0.6 is 11.8 Å². The number of rotatable bonds is 21. The molecule has 5 aromatic rings. The topological polar surface area (TPSA) is 566 Å². The molecule has 2 fully saturated rings. The Hall–Kier alpha value is -10.9. The maximum atomic E-state index is 15.0. The number of aliphatic hydroxyl groups is 2. The summed E-state index contributed by atoms with van der Waals surface area (Å²) >= 11 is 0.857. The Morgan fingerprint density at radius 1 is 0.550 bits per heavy atom. The number of hydrogen-bond donors (Lipinski definition) is 20. The molecule has 2 saturated heterocycles. The van der Waals surface area contributed by atoms with E-state index in [9.17, 15) is 77.6 Å². The lowest BCUT2D eigenvalue weighted by Crippen LogP contribution is -2.61. The molecule has 36 heteroatoms. The first-order valence-electron chi connectivity index (χ1n) is 36.5. The van der Waals surface area contributed by atoms with Gasteiger partial charge < -0.3 is 112 Å². The van der Waals surface area contributed by atoms with Gasteiger partial charge in [-0.2, -0.15) is 0 Å². The summed E-state index contributed by atoms with van der Waals surface area (Å²) in [6.07, 6.45) is 4.08. The number of para-hydroxylation sites is 2. The van der Waals surface area contributed by atoms with Crippen molar-refractivity contribution in [3.63, 3.8) is 0 Å². The normalized spacial score (nSPS) is 24.3. The van der Waals surface area contributed by atoms with E-state index in [4.69, 9.17) is 22.9 Å². The van der Waals surface area contributed by atoms with E-state index in [2.05, 4.69) is 73.4 Å². The summed E-state index contributed by atoms with van der Waals surface area (Å²) in [5.41, 5.74) is 25.9. The Morgan fingerprint density at radius 2 is 1.04 bits per heavy atom. The molecular weight excluding hydrogens is 1430 g/mol. The lowest BCUT2D eigenvalue weighted by atomic mass is 9.96. The van der Waals surface area contributed by atoms with Gasteiger partial charge in [0.1, 0.15) is 72.2 Å². The molecule has 592 valence electrons. The Labute approximate surface area is 634 Å². The SMILES string of the molecule is CC[C@H](C)[C@@H]1NC(=O)[C@H](Cc2c[nH]c3ccccc23)NC(=O)CNC(=O)[C@H](CO)NC(=O)[C@H](CCCN=C(N)N)NC(=O)[C@H](CCCCN)NC(=O)[C@H]([C@@H](C)CC)NC(=O)[C@H](CO)NC(=O)[C@@H]2CCCN2C(=O)[C@H](Cc2ccc(O)cc2)NC(=O)CSC[C@@H](C(N)=O)NC(=O)[C@H](Cc2c[nH]c3ccccc23)NC1=O. The number of thioether (sulfide) groups is 1. The summed E-state index contributed by atoms with van der Waals surface area (Å²) in [4.78, 5) is 199. The van der Waals surface area contributed by atoms with E-state index < -0.39 is 181 Å². The number of benzene rings is 3. The highest BCUT2D eigenvalue weighted by Gasteiger charge is 2.41. The minimum atomic E-state index is -1.78. The molecule has 13 atom stereocenters. The minimum absolute atomic E-state index is 0.00484. The van der Waals surface area contributed by atoms with E-state index in [0.29, 0.717) is 44.9 Å². The van der Waals surface area contributed by atoms with Crippen LogP contribution in [0.4, 0.5) is 0 Å². The number of nitrogens with zero attached hydrogens (tertiary/aromatic N) is 2. The molecule has 0 spiro atoms. The van der Waals surface area contributed by atoms with Gasteiger partial charge in [-0.25, -0.2) is 0 Å². The third kappa shape index (κ3) is 24.8. The molecule has 7 rings (SSSR count). The van der Waals surface area contributed by atoms with E-state index in [-0.39, 0.29) is 108 Å². The molecule has 0 bridgehead atoms. The van der Waals surface area contributed by atoms with Gasteiger partial charge in [0.15, 0.2) is 5.96 Å². The van der Waals surface area contributed by atoms with Gasteiger partial charge in [0.25, 0.3) is 0 Å². The Kier molecular flexibility index (Phi) is 32.9. The summed E-state index contributed by atoms with van der Waals surface area (Å²) < 4.78 is 0.